The van der Waals surface area contributed by atoms with Crippen molar-refractivity contribution < 1.29 is 40.5 Å². The summed E-state index contributed by atoms with van der Waals surface area (Å²) >= 11 is 0. The molecular formula is C25H51NaO2. The third-order valence-electron chi connectivity index (χ3n) is 5.64. The molecule has 0 aliphatic carbocycles. The predicted molar refractivity (Wildman–Crippen MR) is 120 cm³/mol. The van der Waals surface area contributed by atoms with Crippen LogP contribution < -0.4 is 29.6 Å². The van der Waals surface area contributed by atoms with Crippen molar-refractivity contribution in [3.8, 4) is 0 Å². The van der Waals surface area contributed by atoms with Crippen molar-refractivity contribution in [1.82, 2.24) is 0 Å². The summed E-state index contributed by atoms with van der Waals surface area (Å²) in [4.78, 5) is 12.0. The molecule has 0 aromatic rings. The van der Waals surface area contributed by atoms with Gasteiger partial charge in [0.15, 0.2) is 0 Å². The summed E-state index contributed by atoms with van der Waals surface area (Å²) in [5.74, 6) is 0.0992. The molecule has 0 rings (SSSR count). The summed E-state index contributed by atoms with van der Waals surface area (Å²) in [6.45, 7) is 7.18. The van der Waals surface area contributed by atoms with Gasteiger partial charge in [0.25, 0.3) is 0 Å². The minimum Gasteiger partial charge on any atom is -1.00 e. The molecule has 0 aromatic heterocycles. The van der Waals surface area contributed by atoms with Crippen LogP contribution in [-0.2, 0) is 9.53 Å². The first kappa shape index (κ1) is 30.7. The molecule has 0 saturated heterocycles. The van der Waals surface area contributed by atoms with Gasteiger partial charge in [-0.05, 0) is 12.8 Å². The van der Waals surface area contributed by atoms with E-state index in [1.807, 2.05) is 6.92 Å². The van der Waals surface area contributed by atoms with E-state index < -0.39 is 0 Å². The van der Waals surface area contributed by atoms with E-state index in [1.54, 1.807) is 0 Å². The Kier molecular flexibility index (Phi) is 27.9. The van der Waals surface area contributed by atoms with Crippen molar-refractivity contribution in [2.75, 3.05) is 6.61 Å². The van der Waals surface area contributed by atoms with Crippen LogP contribution in [0, 0.1) is 5.92 Å². The van der Waals surface area contributed by atoms with Crippen molar-refractivity contribution in [3.05, 3.63) is 0 Å². The van der Waals surface area contributed by atoms with E-state index in [2.05, 4.69) is 13.8 Å². The van der Waals surface area contributed by atoms with Crippen LogP contribution in [0.2, 0.25) is 0 Å². The van der Waals surface area contributed by atoms with Crippen LogP contribution in [0.25, 0.3) is 0 Å². The van der Waals surface area contributed by atoms with Gasteiger partial charge in [-0.15, -0.1) is 0 Å². The second-order valence-electron chi connectivity index (χ2n) is 8.51. The van der Waals surface area contributed by atoms with Crippen LogP contribution in [-0.4, -0.2) is 12.6 Å². The topological polar surface area (TPSA) is 26.3 Å². The SMILES string of the molecule is CCCCCCCCCCCCOC(=O)C(C)CCCCCCCCCC.[H-].[Na+]. The fraction of sp³-hybridized carbons (Fsp3) is 0.960. The molecule has 0 spiro atoms. The number of carbonyl (C=O) groups excluding carboxylic acids is 1. The fourth-order valence-electron chi connectivity index (χ4n) is 3.61. The number of esters is 1. The van der Waals surface area contributed by atoms with Crippen molar-refractivity contribution in [2.24, 2.45) is 5.92 Å². The van der Waals surface area contributed by atoms with Gasteiger partial charge in [-0.25, -0.2) is 0 Å². The molecule has 0 aromatic carbocycles. The van der Waals surface area contributed by atoms with Crippen LogP contribution in [0.5, 0.6) is 0 Å². The Balaban J connectivity index is -0.00000338. The largest absolute Gasteiger partial charge is 1.00 e. The summed E-state index contributed by atoms with van der Waals surface area (Å²) in [7, 11) is 0. The number of unbranched alkanes of at least 4 members (excludes halogenated alkanes) is 16. The molecule has 0 fully saturated rings. The molecule has 1 unspecified atom stereocenters. The third-order valence-corrected chi connectivity index (χ3v) is 5.64. The zero-order valence-corrected chi connectivity index (χ0v) is 22.0. The van der Waals surface area contributed by atoms with Crippen molar-refractivity contribution >= 4 is 5.97 Å². The minimum absolute atomic E-state index is 0. The average molecular weight is 407 g/mol. The van der Waals surface area contributed by atoms with Crippen LogP contribution >= 0.6 is 0 Å². The van der Waals surface area contributed by atoms with Gasteiger partial charge in [0.2, 0.25) is 0 Å². The van der Waals surface area contributed by atoms with Gasteiger partial charge in [-0.1, -0.05) is 130 Å². The molecule has 1 atom stereocenters. The average Bonchev–Trinajstić information content (AvgIpc) is 2.67. The van der Waals surface area contributed by atoms with Gasteiger partial charge in [0.05, 0.1) is 12.5 Å². The first-order chi connectivity index (χ1) is 13.2. The summed E-state index contributed by atoms with van der Waals surface area (Å²) in [6.07, 6.45) is 24.7. The molecule has 0 bridgehead atoms. The predicted octanol–water partition coefficient (Wildman–Crippen LogP) is 5.73. The molecule has 2 nitrogen and oxygen atoms in total. The second kappa shape index (κ2) is 25.5. The Morgan fingerprint density at radius 3 is 1.43 bits per heavy atom. The number of hydrogen-bond acceptors (Lipinski definition) is 2. The van der Waals surface area contributed by atoms with E-state index in [9.17, 15) is 4.79 Å². The first-order valence-electron chi connectivity index (χ1n) is 12.4. The van der Waals surface area contributed by atoms with Crippen molar-refractivity contribution in [1.29, 1.82) is 0 Å². The Hall–Kier alpha value is 0.470. The molecule has 0 N–H and O–H groups in total. The number of hydrogen-bond donors (Lipinski definition) is 0. The monoisotopic (exact) mass is 406 g/mol. The van der Waals surface area contributed by atoms with Gasteiger partial charge < -0.3 is 6.16 Å². The second-order valence-corrected chi connectivity index (χ2v) is 8.51. The van der Waals surface area contributed by atoms with Crippen molar-refractivity contribution in [2.45, 2.75) is 143 Å². The van der Waals surface area contributed by atoms with Crippen molar-refractivity contribution in [3.63, 3.8) is 0 Å². The molecule has 3 heteroatoms. The van der Waals surface area contributed by atoms with Gasteiger partial charge in [-0.2, -0.15) is 0 Å². The molecule has 0 radical (unpaired) electrons. The molecule has 28 heavy (non-hydrogen) atoms. The standard InChI is InChI=1S/C25H50O2.Na.H/c1-4-6-8-10-12-14-15-17-19-21-23-27-25(26)24(3)22-20-18-16-13-11-9-7-5-2;;/h24H,4-23H2,1-3H3;;/q;+1;-1. The van der Waals surface area contributed by atoms with Crippen LogP contribution in [0.15, 0.2) is 0 Å². The Labute approximate surface area is 201 Å². The summed E-state index contributed by atoms with van der Waals surface area (Å²) in [5.41, 5.74) is 0. The van der Waals surface area contributed by atoms with Crippen LogP contribution in [0.1, 0.15) is 144 Å². The maximum absolute atomic E-state index is 12.0. The maximum atomic E-state index is 12.0. The Morgan fingerprint density at radius 1 is 0.643 bits per heavy atom. The maximum Gasteiger partial charge on any atom is 1.00 e. The van der Waals surface area contributed by atoms with Crippen LogP contribution in [0.3, 0.4) is 0 Å². The third kappa shape index (κ3) is 22.8. The summed E-state index contributed by atoms with van der Waals surface area (Å²) in [6, 6.07) is 0. The molecule has 0 aliphatic rings. The van der Waals surface area contributed by atoms with E-state index in [0.29, 0.717) is 6.61 Å². The molecule has 0 amide bonds. The van der Waals surface area contributed by atoms with E-state index in [-0.39, 0.29) is 42.9 Å². The van der Waals surface area contributed by atoms with E-state index >= 15 is 0 Å². The van der Waals surface area contributed by atoms with E-state index in [1.165, 1.54) is 109 Å². The van der Waals surface area contributed by atoms with Gasteiger partial charge in [0.1, 0.15) is 0 Å². The quantitative estimate of drug-likeness (QED) is 0.138. The Bertz CT molecular complexity index is 313. The molecule has 0 saturated carbocycles. The molecule has 0 aliphatic heterocycles. The van der Waals surface area contributed by atoms with E-state index in [4.69, 9.17) is 4.74 Å². The van der Waals surface area contributed by atoms with Gasteiger partial charge in [-0.3, -0.25) is 4.79 Å². The molecule has 164 valence electrons. The molecular weight excluding hydrogens is 355 g/mol. The number of ether oxygens (including phenoxy) is 1. The first-order valence-corrected chi connectivity index (χ1v) is 12.4. The van der Waals surface area contributed by atoms with Gasteiger partial charge >= 0.3 is 35.5 Å². The number of carbonyl (C=O) groups is 1. The minimum atomic E-state index is 0. The smallest absolute Gasteiger partial charge is 1.00 e. The van der Waals surface area contributed by atoms with Crippen LogP contribution in [0.4, 0.5) is 0 Å². The van der Waals surface area contributed by atoms with E-state index in [0.717, 1.165) is 12.8 Å². The summed E-state index contributed by atoms with van der Waals surface area (Å²) in [5, 5.41) is 0. The summed E-state index contributed by atoms with van der Waals surface area (Å²) < 4.78 is 5.46. The fourth-order valence-corrected chi connectivity index (χ4v) is 3.61. The Morgan fingerprint density at radius 2 is 1.00 bits per heavy atom. The zero-order chi connectivity index (χ0) is 20.0. The number of rotatable bonds is 21. The molecule has 0 heterocycles. The zero-order valence-electron chi connectivity index (χ0n) is 21.0. The normalized spacial score (nSPS) is 11.8. The van der Waals surface area contributed by atoms with Gasteiger partial charge in [0, 0.05) is 0 Å².